The number of fused-ring (bicyclic) bond motifs is 4. The van der Waals surface area contributed by atoms with Crippen molar-refractivity contribution in [2.45, 2.75) is 71.1 Å². The van der Waals surface area contributed by atoms with Gasteiger partial charge in [-0.05, 0) is 50.3 Å². The van der Waals surface area contributed by atoms with Crippen LogP contribution in [0.4, 0.5) is 4.79 Å². The fourth-order valence-corrected chi connectivity index (χ4v) is 4.44. The van der Waals surface area contributed by atoms with Crippen LogP contribution >= 0.6 is 0 Å². The Bertz CT molecular complexity index is 974. The highest BCUT2D eigenvalue weighted by atomic mass is 16.5. The molecular formula is C24H30N2O2. The topological polar surface area (TPSA) is 44.1 Å². The van der Waals surface area contributed by atoms with Gasteiger partial charge in [0.15, 0.2) is 5.65 Å². The highest BCUT2D eigenvalue weighted by molar-refractivity contribution is 6.11. The number of pyridine rings is 1. The Morgan fingerprint density at radius 3 is 2.39 bits per heavy atom. The molecule has 2 heterocycles. The molecule has 1 aromatic carbocycles. The molecule has 0 atom stereocenters. The highest BCUT2D eigenvalue weighted by Gasteiger charge is 2.20. The molecule has 1 aliphatic carbocycles. The van der Waals surface area contributed by atoms with Gasteiger partial charge in [0.2, 0.25) is 0 Å². The van der Waals surface area contributed by atoms with Gasteiger partial charge in [0.05, 0.1) is 12.1 Å². The van der Waals surface area contributed by atoms with Crippen molar-refractivity contribution in [3.05, 3.63) is 41.6 Å². The number of aromatic nitrogens is 2. The Hall–Kier alpha value is -2.36. The lowest BCUT2D eigenvalue weighted by Crippen LogP contribution is -2.14. The van der Waals surface area contributed by atoms with E-state index in [0.29, 0.717) is 6.61 Å². The number of hydrogen-bond donors (Lipinski definition) is 0. The van der Waals surface area contributed by atoms with E-state index in [2.05, 4.69) is 12.1 Å². The van der Waals surface area contributed by atoms with Gasteiger partial charge in [-0.1, -0.05) is 56.7 Å². The first-order chi connectivity index (χ1) is 13.8. The maximum Gasteiger partial charge on any atom is 0.420 e. The number of nitrogens with zero attached hydrogens (tertiary/aromatic N) is 2. The fourth-order valence-electron chi connectivity index (χ4n) is 4.44. The van der Waals surface area contributed by atoms with Gasteiger partial charge in [0.25, 0.3) is 0 Å². The van der Waals surface area contributed by atoms with Gasteiger partial charge in [-0.2, -0.15) is 0 Å². The number of hydrogen-bond acceptors (Lipinski definition) is 3. The summed E-state index contributed by atoms with van der Waals surface area (Å²) in [6.07, 6.45) is 12.1. The molecule has 0 radical (unpaired) electrons. The number of aryl methyl sites for hydroxylation is 2. The molecule has 4 rings (SSSR count). The first-order valence-corrected chi connectivity index (χ1v) is 10.9. The molecule has 0 saturated heterocycles. The summed E-state index contributed by atoms with van der Waals surface area (Å²) in [4.78, 5) is 17.8. The minimum atomic E-state index is -0.339. The molecule has 0 aliphatic heterocycles. The molecule has 28 heavy (non-hydrogen) atoms. The second-order valence-corrected chi connectivity index (χ2v) is 7.85. The summed E-state index contributed by atoms with van der Waals surface area (Å²) in [7, 11) is 0. The first kappa shape index (κ1) is 19.0. The van der Waals surface area contributed by atoms with Crippen LogP contribution in [0.3, 0.4) is 0 Å². The standard InChI is InChI=1S/C24H30N2O2/c1-2-28-24(27)26-22-16-12-11-14-19(22)20-17-18-13-9-7-5-3-4-6-8-10-15-21(18)25-23(20)26/h11-12,14,16-17H,2-10,13,15H2,1H3. The van der Waals surface area contributed by atoms with Crippen molar-refractivity contribution < 1.29 is 9.53 Å². The second-order valence-electron chi connectivity index (χ2n) is 7.85. The summed E-state index contributed by atoms with van der Waals surface area (Å²) >= 11 is 0. The van der Waals surface area contributed by atoms with Crippen LogP contribution in [0, 0.1) is 0 Å². The van der Waals surface area contributed by atoms with Crippen LogP contribution in [0.5, 0.6) is 0 Å². The van der Waals surface area contributed by atoms with E-state index >= 15 is 0 Å². The Labute approximate surface area is 166 Å². The van der Waals surface area contributed by atoms with Crippen LogP contribution < -0.4 is 0 Å². The number of ether oxygens (including phenoxy) is 1. The van der Waals surface area contributed by atoms with Gasteiger partial charge in [0.1, 0.15) is 0 Å². The van der Waals surface area contributed by atoms with Crippen molar-refractivity contribution in [1.82, 2.24) is 9.55 Å². The maximum absolute atomic E-state index is 12.7. The molecule has 4 heteroatoms. The molecule has 0 bridgehead atoms. The van der Waals surface area contributed by atoms with Gasteiger partial charge in [0, 0.05) is 16.5 Å². The fraction of sp³-hybridized carbons (Fsp3) is 0.500. The first-order valence-electron chi connectivity index (χ1n) is 10.9. The van der Waals surface area contributed by atoms with Crippen LogP contribution in [0.2, 0.25) is 0 Å². The number of carbonyl (C=O) groups is 1. The van der Waals surface area contributed by atoms with Crippen molar-refractivity contribution in [3.8, 4) is 0 Å². The highest BCUT2D eigenvalue weighted by Crippen LogP contribution is 2.31. The molecule has 148 valence electrons. The predicted octanol–water partition coefficient (Wildman–Crippen LogP) is 6.41. The van der Waals surface area contributed by atoms with Gasteiger partial charge >= 0.3 is 6.09 Å². The number of para-hydroxylation sites is 1. The summed E-state index contributed by atoms with van der Waals surface area (Å²) in [5.41, 5.74) is 4.15. The molecule has 1 aliphatic rings. The van der Waals surface area contributed by atoms with E-state index in [-0.39, 0.29) is 6.09 Å². The summed E-state index contributed by atoms with van der Waals surface area (Å²) in [5, 5.41) is 2.14. The van der Waals surface area contributed by atoms with Crippen molar-refractivity contribution in [2.24, 2.45) is 0 Å². The summed E-state index contributed by atoms with van der Waals surface area (Å²) < 4.78 is 7.00. The number of rotatable bonds is 1. The Balaban J connectivity index is 1.85. The average molecular weight is 379 g/mol. The van der Waals surface area contributed by atoms with Crippen LogP contribution in [0.15, 0.2) is 30.3 Å². The summed E-state index contributed by atoms with van der Waals surface area (Å²) in [6, 6.07) is 10.3. The predicted molar refractivity (Wildman–Crippen MR) is 114 cm³/mol. The average Bonchev–Trinajstić information content (AvgIpc) is 3.01. The van der Waals surface area contributed by atoms with E-state index in [1.165, 1.54) is 62.6 Å². The lowest BCUT2D eigenvalue weighted by molar-refractivity contribution is 0.156. The molecular weight excluding hydrogens is 348 g/mol. The van der Waals surface area contributed by atoms with Crippen molar-refractivity contribution >= 4 is 28.0 Å². The molecule has 0 spiro atoms. The van der Waals surface area contributed by atoms with E-state index < -0.39 is 0 Å². The van der Waals surface area contributed by atoms with E-state index in [4.69, 9.17) is 9.72 Å². The van der Waals surface area contributed by atoms with Crippen LogP contribution in [0.25, 0.3) is 21.9 Å². The molecule has 0 N–H and O–H groups in total. The van der Waals surface area contributed by atoms with E-state index in [1.807, 2.05) is 25.1 Å². The Kier molecular flexibility index (Phi) is 5.94. The van der Waals surface area contributed by atoms with E-state index in [0.717, 1.165) is 34.8 Å². The third kappa shape index (κ3) is 3.78. The molecule has 0 amide bonds. The zero-order valence-electron chi connectivity index (χ0n) is 16.9. The number of benzene rings is 1. The minimum absolute atomic E-state index is 0.339. The smallest absolute Gasteiger partial charge is 0.420 e. The van der Waals surface area contributed by atoms with Gasteiger partial charge < -0.3 is 4.74 Å². The van der Waals surface area contributed by atoms with E-state index in [1.54, 1.807) is 4.57 Å². The van der Waals surface area contributed by atoms with Crippen LogP contribution in [-0.2, 0) is 17.6 Å². The minimum Gasteiger partial charge on any atom is -0.449 e. The van der Waals surface area contributed by atoms with Crippen molar-refractivity contribution in [1.29, 1.82) is 0 Å². The normalized spacial score (nSPS) is 16.3. The largest absolute Gasteiger partial charge is 0.449 e. The maximum atomic E-state index is 12.7. The molecule has 0 unspecified atom stereocenters. The Morgan fingerprint density at radius 2 is 1.64 bits per heavy atom. The van der Waals surface area contributed by atoms with E-state index in [9.17, 15) is 4.79 Å². The van der Waals surface area contributed by atoms with Crippen molar-refractivity contribution in [3.63, 3.8) is 0 Å². The zero-order chi connectivity index (χ0) is 19.3. The van der Waals surface area contributed by atoms with Crippen molar-refractivity contribution in [2.75, 3.05) is 6.61 Å². The van der Waals surface area contributed by atoms with Crippen LogP contribution in [0.1, 0.15) is 69.5 Å². The van der Waals surface area contributed by atoms with Gasteiger partial charge in [-0.3, -0.25) is 0 Å². The van der Waals surface area contributed by atoms with Gasteiger partial charge in [-0.25, -0.2) is 14.3 Å². The quantitative estimate of drug-likeness (QED) is 0.491. The summed E-state index contributed by atoms with van der Waals surface area (Å²) in [5.74, 6) is 0. The lowest BCUT2D eigenvalue weighted by Gasteiger charge is -2.12. The monoisotopic (exact) mass is 378 g/mol. The van der Waals surface area contributed by atoms with Crippen LogP contribution in [-0.4, -0.2) is 22.3 Å². The van der Waals surface area contributed by atoms with Gasteiger partial charge in [-0.15, -0.1) is 0 Å². The second kappa shape index (κ2) is 8.76. The third-order valence-corrected chi connectivity index (χ3v) is 5.88. The molecule has 0 saturated carbocycles. The summed E-state index contributed by atoms with van der Waals surface area (Å²) in [6.45, 7) is 2.20. The molecule has 2 aromatic heterocycles. The molecule has 4 nitrogen and oxygen atoms in total. The Morgan fingerprint density at radius 1 is 0.964 bits per heavy atom. The SMILES string of the molecule is CCOC(=O)n1c2ccccc2c2cc3c(nc21)CCCCCCCCCC3. The molecule has 3 aromatic rings. The number of carbonyl (C=O) groups excluding carboxylic acids is 1. The third-order valence-electron chi connectivity index (χ3n) is 5.88. The lowest BCUT2D eigenvalue weighted by atomic mass is 9.97. The zero-order valence-corrected chi connectivity index (χ0v) is 16.9. The molecule has 0 fully saturated rings.